The molecule has 0 aliphatic carbocycles. The molecule has 1 aliphatic rings. The lowest BCUT2D eigenvalue weighted by Crippen LogP contribution is -2.43. The molecule has 0 radical (unpaired) electrons. The summed E-state index contributed by atoms with van der Waals surface area (Å²) >= 11 is 0. The monoisotopic (exact) mass is 341 g/mol. The number of β-amino-alcohol motifs (C(OH)–C–C–N with tert-alkyl or cyclic N) is 1. The lowest BCUT2D eigenvalue weighted by Gasteiger charge is -2.30. The maximum atomic E-state index is 10.3. The molecule has 0 spiro atoms. The first-order valence-corrected chi connectivity index (χ1v) is 8.88. The predicted octanol–water partition coefficient (Wildman–Crippen LogP) is 1.87. The molecule has 5 nitrogen and oxygen atoms in total. The standard InChI is InChI=1S/C20H27N3O2/c1-22(15-19(24)16-23-9-11-25-12-10-23)14-17-5-4-6-18(13-17)20-7-2-3-8-21-20/h2-8,13,19,24H,9-12,14-16H2,1H3. The lowest BCUT2D eigenvalue weighted by molar-refractivity contribution is 0.00825. The summed E-state index contributed by atoms with van der Waals surface area (Å²) in [5.41, 5.74) is 3.34. The number of aromatic nitrogens is 1. The highest BCUT2D eigenvalue weighted by molar-refractivity contribution is 5.59. The molecule has 2 heterocycles. The molecule has 0 bridgehead atoms. The van der Waals surface area contributed by atoms with Crippen LogP contribution in [-0.4, -0.2) is 72.4 Å². The molecule has 1 saturated heterocycles. The SMILES string of the molecule is CN(Cc1cccc(-c2ccccn2)c1)CC(O)CN1CCOCC1. The van der Waals surface area contributed by atoms with Crippen molar-refractivity contribution in [2.45, 2.75) is 12.6 Å². The summed E-state index contributed by atoms with van der Waals surface area (Å²) in [6, 6.07) is 14.4. The Balaban J connectivity index is 1.53. The van der Waals surface area contributed by atoms with Gasteiger partial charge in [0.05, 0.1) is 25.0 Å². The number of hydrogen-bond donors (Lipinski definition) is 1. The number of aliphatic hydroxyl groups is 1. The van der Waals surface area contributed by atoms with E-state index in [0.29, 0.717) is 13.1 Å². The molecule has 134 valence electrons. The lowest BCUT2D eigenvalue weighted by atomic mass is 10.1. The van der Waals surface area contributed by atoms with Crippen LogP contribution in [0.4, 0.5) is 0 Å². The van der Waals surface area contributed by atoms with E-state index in [2.05, 4.69) is 46.1 Å². The van der Waals surface area contributed by atoms with Gasteiger partial charge in [-0.1, -0.05) is 24.3 Å². The summed E-state index contributed by atoms with van der Waals surface area (Å²) in [4.78, 5) is 8.85. The van der Waals surface area contributed by atoms with E-state index in [1.54, 1.807) is 0 Å². The van der Waals surface area contributed by atoms with Gasteiger partial charge < -0.3 is 9.84 Å². The third-order valence-electron chi connectivity index (χ3n) is 4.44. The molecular weight excluding hydrogens is 314 g/mol. The normalized spacial score (nSPS) is 16.9. The van der Waals surface area contributed by atoms with Crippen LogP contribution < -0.4 is 0 Å². The summed E-state index contributed by atoms with van der Waals surface area (Å²) in [5.74, 6) is 0. The number of morpholine rings is 1. The highest BCUT2D eigenvalue weighted by Crippen LogP contribution is 2.18. The number of benzene rings is 1. The summed E-state index contributed by atoms with van der Waals surface area (Å²) in [5, 5.41) is 10.3. The van der Waals surface area contributed by atoms with Crippen molar-refractivity contribution in [1.82, 2.24) is 14.8 Å². The van der Waals surface area contributed by atoms with Crippen molar-refractivity contribution in [2.75, 3.05) is 46.4 Å². The summed E-state index contributed by atoms with van der Waals surface area (Å²) < 4.78 is 5.35. The molecule has 1 aromatic heterocycles. The van der Waals surface area contributed by atoms with Gasteiger partial charge in [0.25, 0.3) is 0 Å². The quantitative estimate of drug-likeness (QED) is 0.833. The van der Waals surface area contributed by atoms with Crippen LogP contribution in [0.2, 0.25) is 0 Å². The Labute approximate surface area is 149 Å². The Morgan fingerprint density at radius 1 is 1.20 bits per heavy atom. The number of likely N-dealkylation sites (N-methyl/N-ethyl adjacent to an activating group) is 1. The minimum absolute atomic E-state index is 0.345. The zero-order chi connectivity index (χ0) is 17.5. The Hall–Kier alpha value is -1.79. The second-order valence-corrected chi connectivity index (χ2v) is 6.68. The third-order valence-corrected chi connectivity index (χ3v) is 4.44. The second-order valence-electron chi connectivity index (χ2n) is 6.68. The Kier molecular flexibility index (Phi) is 6.53. The second kappa shape index (κ2) is 9.06. The van der Waals surface area contributed by atoms with Gasteiger partial charge in [0, 0.05) is 44.5 Å². The fourth-order valence-corrected chi connectivity index (χ4v) is 3.24. The van der Waals surface area contributed by atoms with Crippen molar-refractivity contribution in [3.05, 3.63) is 54.2 Å². The molecule has 1 atom stereocenters. The smallest absolute Gasteiger partial charge is 0.0793 e. The summed E-state index contributed by atoms with van der Waals surface area (Å²) in [6.07, 6.45) is 1.47. The summed E-state index contributed by atoms with van der Waals surface area (Å²) in [7, 11) is 2.05. The molecule has 0 amide bonds. The molecule has 1 aliphatic heterocycles. The highest BCUT2D eigenvalue weighted by Gasteiger charge is 2.16. The largest absolute Gasteiger partial charge is 0.390 e. The van der Waals surface area contributed by atoms with Crippen LogP contribution in [0.5, 0.6) is 0 Å². The van der Waals surface area contributed by atoms with Crippen LogP contribution >= 0.6 is 0 Å². The van der Waals surface area contributed by atoms with Gasteiger partial charge in [0.15, 0.2) is 0 Å². The van der Waals surface area contributed by atoms with Crippen LogP contribution in [0.1, 0.15) is 5.56 Å². The fraction of sp³-hybridized carbons (Fsp3) is 0.450. The van der Waals surface area contributed by atoms with Crippen LogP contribution in [0.25, 0.3) is 11.3 Å². The van der Waals surface area contributed by atoms with Crippen molar-refractivity contribution in [3.63, 3.8) is 0 Å². The third kappa shape index (κ3) is 5.61. The first-order valence-electron chi connectivity index (χ1n) is 8.88. The van der Waals surface area contributed by atoms with Gasteiger partial charge in [0.2, 0.25) is 0 Å². The van der Waals surface area contributed by atoms with E-state index in [1.807, 2.05) is 24.4 Å². The molecule has 5 heteroatoms. The van der Waals surface area contributed by atoms with Crippen LogP contribution in [0.15, 0.2) is 48.7 Å². The molecule has 1 N–H and O–H groups in total. The maximum Gasteiger partial charge on any atom is 0.0793 e. The molecular formula is C20H27N3O2. The van der Waals surface area contributed by atoms with Crippen molar-refractivity contribution < 1.29 is 9.84 Å². The van der Waals surface area contributed by atoms with E-state index in [0.717, 1.165) is 44.1 Å². The summed E-state index contributed by atoms with van der Waals surface area (Å²) in [6.45, 7) is 5.53. The van der Waals surface area contributed by atoms with Crippen molar-refractivity contribution >= 4 is 0 Å². The zero-order valence-corrected chi connectivity index (χ0v) is 14.8. The van der Waals surface area contributed by atoms with Crippen molar-refractivity contribution in [2.24, 2.45) is 0 Å². The molecule has 0 saturated carbocycles. The molecule has 1 fully saturated rings. The first kappa shape index (κ1) is 18.0. The average molecular weight is 341 g/mol. The predicted molar refractivity (Wildman–Crippen MR) is 99.3 cm³/mol. The van der Waals surface area contributed by atoms with Crippen LogP contribution in [0, 0.1) is 0 Å². The number of aliphatic hydroxyl groups excluding tert-OH is 1. The molecule has 3 rings (SSSR count). The van der Waals surface area contributed by atoms with Gasteiger partial charge >= 0.3 is 0 Å². The average Bonchev–Trinajstić information content (AvgIpc) is 2.63. The van der Waals surface area contributed by atoms with Gasteiger partial charge in [-0.2, -0.15) is 0 Å². The Morgan fingerprint density at radius 3 is 2.80 bits per heavy atom. The molecule has 1 unspecified atom stereocenters. The van der Waals surface area contributed by atoms with Crippen LogP contribution in [0.3, 0.4) is 0 Å². The number of nitrogens with zero attached hydrogens (tertiary/aromatic N) is 3. The maximum absolute atomic E-state index is 10.3. The van der Waals surface area contributed by atoms with E-state index >= 15 is 0 Å². The van der Waals surface area contributed by atoms with E-state index < -0.39 is 0 Å². The van der Waals surface area contributed by atoms with E-state index in [9.17, 15) is 5.11 Å². The highest BCUT2D eigenvalue weighted by atomic mass is 16.5. The minimum atomic E-state index is -0.345. The van der Waals surface area contributed by atoms with Crippen molar-refractivity contribution in [3.8, 4) is 11.3 Å². The van der Waals surface area contributed by atoms with Crippen LogP contribution in [-0.2, 0) is 11.3 Å². The van der Waals surface area contributed by atoms with E-state index in [-0.39, 0.29) is 6.10 Å². The fourth-order valence-electron chi connectivity index (χ4n) is 3.24. The zero-order valence-electron chi connectivity index (χ0n) is 14.8. The number of ether oxygens (including phenoxy) is 1. The minimum Gasteiger partial charge on any atom is -0.390 e. The Bertz CT molecular complexity index is 644. The Morgan fingerprint density at radius 2 is 2.04 bits per heavy atom. The first-order chi connectivity index (χ1) is 12.2. The van der Waals surface area contributed by atoms with Gasteiger partial charge in [0.1, 0.15) is 0 Å². The number of pyridine rings is 1. The number of hydrogen-bond acceptors (Lipinski definition) is 5. The van der Waals surface area contributed by atoms with Gasteiger partial charge in [-0.25, -0.2) is 0 Å². The van der Waals surface area contributed by atoms with E-state index in [1.165, 1.54) is 5.56 Å². The van der Waals surface area contributed by atoms with Gasteiger partial charge in [-0.05, 0) is 30.8 Å². The van der Waals surface area contributed by atoms with Gasteiger partial charge in [-0.15, -0.1) is 0 Å². The number of rotatable bonds is 7. The molecule has 2 aromatic rings. The van der Waals surface area contributed by atoms with Gasteiger partial charge in [-0.3, -0.25) is 14.8 Å². The van der Waals surface area contributed by atoms with Crippen molar-refractivity contribution in [1.29, 1.82) is 0 Å². The molecule has 25 heavy (non-hydrogen) atoms. The van der Waals surface area contributed by atoms with E-state index in [4.69, 9.17) is 4.74 Å². The molecule has 1 aromatic carbocycles. The topological polar surface area (TPSA) is 48.8 Å².